The molecule has 1 aliphatic rings. The number of aryl methyl sites for hydroxylation is 1. The Balaban J connectivity index is 1.99. The molecule has 1 fully saturated rings. The summed E-state index contributed by atoms with van der Waals surface area (Å²) < 4.78 is 0. The number of nitrogens with one attached hydrogen (secondary N) is 1. The molecule has 1 aliphatic heterocycles. The SMILES string of the molecule is CCC(c1nc(CCC(=O)O)cs1)N1CCNCC1. The summed E-state index contributed by atoms with van der Waals surface area (Å²) in [6.45, 7) is 6.37. The van der Waals surface area contributed by atoms with E-state index in [0.717, 1.165) is 43.3 Å². The number of carboxylic acid groups (broad SMARTS) is 1. The van der Waals surface area contributed by atoms with Crippen molar-refractivity contribution in [2.75, 3.05) is 26.2 Å². The fourth-order valence-corrected chi connectivity index (χ4v) is 3.48. The summed E-state index contributed by atoms with van der Waals surface area (Å²) in [6.07, 6.45) is 1.74. The van der Waals surface area contributed by atoms with Gasteiger partial charge in [0.25, 0.3) is 0 Å². The number of aromatic nitrogens is 1. The summed E-state index contributed by atoms with van der Waals surface area (Å²) in [4.78, 5) is 17.7. The van der Waals surface area contributed by atoms with Gasteiger partial charge in [0.15, 0.2) is 0 Å². The molecule has 1 unspecified atom stereocenters. The van der Waals surface area contributed by atoms with Crippen molar-refractivity contribution in [1.29, 1.82) is 0 Å². The fraction of sp³-hybridized carbons (Fsp3) is 0.692. The predicted molar refractivity (Wildman–Crippen MR) is 75.5 cm³/mol. The van der Waals surface area contributed by atoms with Crippen molar-refractivity contribution in [3.05, 3.63) is 16.1 Å². The summed E-state index contributed by atoms with van der Waals surface area (Å²) in [5.74, 6) is -0.760. The zero-order valence-corrected chi connectivity index (χ0v) is 12.1. The lowest BCUT2D eigenvalue weighted by Gasteiger charge is -2.33. The van der Waals surface area contributed by atoms with Crippen LogP contribution in [0, 0.1) is 0 Å². The molecule has 0 bridgehead atoms. The van der Waals surface area contributed by atoms with E-state index >= 15 is 0 Å². The van der Waals surface area contributed by atoms with Gasteiger partial charge in [-0.2, -0.15) is 0 Å². The maximum Gasteiger partial charge on any atom is 0.303 e. The van der Waals surface area contributed by atoms with Crippen molar-refractivity contribution >= 4 is 17.3 Å². The molecular formula is C13H21N3O2S. The number of hydrogen-bond donors (Lipinski definition) is 2. The molecule has 2 rings (SSSR count). The topological polar surface area (TPSA) is 65.5 Å². The first-order valence-electron chi connectivity index (χ1n) is 6.81. The Bertz CT molecular complexity index is 416. The number of piperazine rings is 1. The van der Waals surface area contributed by atoms with Gasteiger partial charge in [-0.1, -0.05) is 6.92 Å². The lowest BCUT2D eigenvalue weighted by Crippen LogP contribution is -2.45. The molecule has 1 saturated heterocycles. The minimum Gasteiger partial charge on any atom is -0.481 e. The van der Waals surface area contributed by atoms with Crippen LogP contribution in [0.5, 0.6) is 0 Å². The highest BCUT2D eigenvalue weighted by molar-refractivity contribution is 7.09. The second-order valence-electron chi connectivity index (χ2n) is 4.78. The van der Waals surface area contributed by atoms with Gasteiger partial charge < -0.3 is 10.4 Å². The smallest absolute Gasteiger partial charge is 0.303 e. The van der Waals surface area contributed by atoms with Crippen LogP contribution in [0.4, 0.5) is 0 Å². The maximum atomic E-state index is 10.6. The van der Waals surface area contributed by atoms with Gasteiger partial charge in [0.05, 0.1) is 18.2 Å². The first-order valence-corrected chi connectivity index (χ1v) is 7.69. The molecule has 0 spiro atoms. The van der Waals surface area contributed by atoms with Crippen molar-refractivity contribution in [1.82, 2.24) is 15.2 Å². The highest BCUT2D eigenvalue weighted by Gasteiger charge is 2.23. The zero-order chi connectivity index (χ0) is 13.7. The number of rotatable bonds is 6. The molecule has 19 heavy (non-hydrogen) atoms. The molecular weight excluding hydrogens is 262 g/mol. The van der Waals surface area contributed by atoms with Crippen molar-refractivity contribution in [2.45, 2.75) is 32.2 Å². The Morgan fingerprint density at radius 1 is 1.58 bits per heavy atom. The molecule has 5 nitrogen and oxygen atoms in total. The van der Waals surface area contributed by atoms with Crippen LogP contribution in [0.3, 0.4) is 0 Å². The predicted octanol–water partition coefficient (Wildman–Crippen LogP) is 1.52. The zero-order valence-electron chi connectivity index (χ0n) is 11.3. The Labute approximate surface area is 117 Å². The van der Waals surface area contributed by atoms with Gasteiger partial charge in [-0.05, 0) is 6.42 Å². The first-order chi connectivity index (χ1) is 9.20. The van der Waals surface area contributed by atoms with Crippen LogP contribution in [0.2, 0.25) is 0 Å². The Kier molecular flexibility index (Phi) is 5.30. The molecule has 2 heterocycles. The normalized spacial score (nSPS) is 18.4. The fourth-order valence-electron chi connectivity index (χ4n) is 2.41. The summed E-state index contributed by atoms with van der Waals surface area (Å²) in [6, 6.07) is 0.380. The van der Waals surface area contributed by atoms with Crippen LogP contribution in [-0.4, -0.2) is 47.1 Å². The third kappa shape index (κ3) is 3.99. The van der Waals surface area contributed by atoms with Gasteiger partial charge in [0, 0.05) is 38.0 Å². The van der Waals surface area contributed by atoms with E-state index in [1.807, 2.05) is 5.38 Å². The lowest BCUT2D eigenvalue weighted by molar-refractivity contribution is -0.136. The molecule has 0 aliphatic carbocycles. The molecule has 0 aromatic carbocycles. The van der Waals surface area contributed by atoms with Crippen LogP contribution < -0.4 is 5.32 Å². The third-order valence-corrected chi connectivity index (χ3v) is 4.42. The molecule has 1 atom stereocenters. The molecule has 6 heteroatoms. The van der Waals surface area contributed by atoms with Crippen LogP contribution in [0.15, 0.2) is 5.38 Å². The van der Waals surface area contributed by atoms with E-state index in [-0.39, 0.29) is 6.42 Å². The molecule has 0 amide bonds. The standard InChI is InChI=1S/C13H21N3O2S/c1-2-11(16-7-5-14-6-8-16)13-15-10(9-19-13)3-4-12(17)18/h9,11,14H,2-8H2,1H3,(H,17,18). The van der Waals surface area contributed by atoms with Crippen molar-refractivity contribution in [3.63, 3.8) is 0 Å². The van der Waals surface area contributed by atoms with Gasteiger partial charge in [0.2, 0.25) is 0 Å². The average molecular weight is 283 g/mol. The number of carbonyl (C=O) groups is 1. The van der Waals surface area contributed by atoms with E-state index in [0.29, 0.717) is 12.5 Å². The number of carboxylic acids is 1. The van der Waals surface area contributed by atoms with E-state index in [2.05, 4.69) is 22.1 Å². The van der Waals surface area contributed by atoms with Crippen molar-refractivity contribution in [3.8, 4) is 0 Å². The quantitative estimate of drug-likeness (QED) is 0.828. The first kappa shape index (κ1) is 14.4. The van der Waals surface area contributed by atoms with E-state index in [4.69, 9.17) is 5.11 Å². The molecule has 1 aromatic rings. The largest absolute Gasteiger partial charge is 0.481 e. The summed E-state index contributed by atoms with van der Waals surface area (Å²) >= 11 is 1.66. The van der Waals surface area contributed by atoms with Crippen molar-refractivity contribution < 1.29 is 9.90 Å². The van der Waals surface area contributed by atoms with Crippen LogP contribution in [0.25, 0.3) is 0 Å². The number of nitrogens with zero attached hydrogens (tertiary/aromatic N) is 2. The van der Waals surface area contributed by atoms with Gasteiger partial charge in [-0.15, -0.1) is 11.3 Å². The van der Waals surface area contributed by atoms with Gasteiger partial charge in [-0.3, -0.25) is 9.69 Å². The van der Waals surface area contributed by atoms with Gasteiger partial charge in [-0.25, -0.2) is 4.98 Å². The molecule has 0 saturated carbocycles. The second kappa shape index (κ2) is 6.98. The van der Waals surface area contributed by atoms with Gasteiger partial charge in [0.1, 0.15) is 5.01 Å². The second-order valence-corrected chi connectivity index (χ2v) is 5.67. The Morgan fingerprint density at radius 3 is 2.95 bits per heavy atom. The van der Waals surface area contributed by atoms with Crippen molar-refractivity contribution in [2.24, 2.45) is 0 Å². The minimum atomic E-state index is -0.760. The average Bonchev–Trinajstić information content (AvgIpc) is 2.87. The number of hydrogen-bond acceptors (Lipinski definition) is 5. The number of thiazole rings is 1. The molecule has 0 radical (unpaired) electrons. The molecule has 2 N–H and O–H groups in total. The molecule has 1 aromatic heterocycles. The van der Waals surface area contributed by atoms with E-state index in [1.165, 1.54) is 0 Å². The highest BCUT2D eigenvalue weighted by Crippen LogP contribution is 2.27. The van der Waals surface area contributed by atoms with E-state index in [9.17, 15) is 4.79 Å². The highest BCUT2D eigenvalue weighted by atomic mass is 32.1. The van der Waals surface area contributed by atoms with Crippen LogP contribution >= 0.6 is 11.3 Å². The van der Waals surface area contributed by atoms with Crippen LogP contribution in [-0.2, 0) is 11.2 Å². The Hall–Kier alpha value is -0.980. The van der Waals surface area contributed by atoms with Gasteiger partial charge >= 0.3 is 5.97 Å². The minimum absolute atomic E-state index is 0.160. The summed E-state index contributed by atoms with van der Waals surface area (Å²) in [5.41, 5.74) is 0.913. The third-order valence-electron chi connectivity index (χ3n) is 3.43. The van der Waals surface area contributed by atoms with E-state index in [1.54, 1.807) is 11.3 Å². The summed E-state index contributed by atoms with van der Waals surface area (Å²) in [5, 5.41) is 15.2. The monoisotopic (exact) mass is 283 g/mol. The summed E-state index contributed by atoms with van der Waals surface area (Å²) in [7, 11) is 0. The maximum absolute atomic E-state index is 10.6. The Morgan fingerprint density at radius 2 is 2.32 bits per heavy atom. The lowest BCUT2D eigenvalue weighted by atomic mass is 10.1. The molecule has 106 valence electrons. The number of aliphatic carboxylic acids is 1. The van der Waals surface area contributed by atoms with Crippen LogP contribution in [0.1, 0.15) is 36.5 Å². The van der Waals surface area contributed by atoms with E-state index < -0.39 is 5.97 Å².